The molecule has 0 aliphatic carbocycles. The van der Waals surface area contributed by atoms with Crippen molar-refractivity contribution < 1.29 is 4.79 Å². The van der Waals surface area contributed by atoms with Crippen LogP contribution in [0.5, 0.6) is 0 Å². The lowest BCUT2D eigenvalue weighted by Crippen LogP contribution is -2.48. The third-order valence-electron chi connectivity index (χ3n) is 3.69. The van der Waals surface area contributed by atoms with E-state index in [1.807, 2.05) is 19.1 Å². The fraction of sp³-hybridized carbons (Fsp3) is 0.533. The number of hydrogen-bond donors (Lipinski definition) is 2. The first kappa shape index (κ1) is 13.1. The Bertz CT molecular complexity index is 395. The molecule has 98 valence electrons. The van der Waals surface area contributed by atoms with Crippen molar-refractivity contribution in [3.05, 3.63) is 29.8 Å². The van der Waals surface area contributed by atoms with Gasteiger partial charge in [-0.1, -0.05) is 32.4 Å². The van der Waals surface area contributed by atoms with Crippen LogP contribution in [0.4, 0.5) is 5.69 Å². The molecule has 1 fully saturated rings. The first-order chi connectivity index (χ1) is 8.70. The highest BCUT2D eigenvalue weighted by Crippen LogP contribution is 2.18. The zero-order valence-corrected chi connectivity index (χ0v) is 11.2. The molecule has 0 aromatic heterocycles. The van der Waals surface area contributed by atoms with E-state index in [2.05, 4.69) is 29.7 Å². The van der Waals surface area contributed by atoms with Crippen molar-refractivity contribution in [2.45, 2.75) is 26.7 Å². The van der Waals surface area contributed by atoms with Crippen molar-refractivity contribution in [2.75, 3.05) is 18.4 Å². The van der Waals surface area contributed by atoms with Crippen LogP contribution in [0.3, 0.4) is 0 Å². The molecule has 1 aromatic rings. The quantitative estimate of drug-likeness (QED) is 0.838. The average Bonchev–Trinajstić information content (AvgIpc) is 2.29. The number of nitrogens with one attached hydrogen (secondary N) is 2. The van der Waals surface area contributed by atoms with Crippen LogP contribution >= 0.6 is 0 Å². The molecule has 0 saturated carbocycles. The van der Waals surface area contributed by atoms with Gasteiger partial charge in [0.2, 0.25) is 5.91 Å². The zero-order valence-electron chi connectivity index (χ0n) is 11.2. The van der Waals surface area contributed by atoms with Crippen LogP contribution in [0.15, 0.2) is 24.3 Å². The van der Waals surface area contributed by atoms with Crippen LogP contribution in [0.1, 0.15) is 25.8 Å². The summed E-state index contributed by atoms with van der Waals surface area (Å²) in [6.07, 6.45) is 2.25. The maximum Gasteiger partial charge on any atom is 0.227 e. The van der Waals surface area contributed by atoms with E-state index in [9.17, 15) is 4.79 Å². The van der Waals surface area contributed by atoms with Gasteiger partial charge in [-0.25, -0.2) is 0 Å². The van der Waals surface area contributed by atoms with Gasteiger partial charge in [-0.15, -0.1) is 0 Å². The molecule has 0 radical (unpaired) electrons. The highest BCUT2D eigenvalue weighted by molar-refractivity contribution is 5.92. The van der Waals surface area contributed by atoms with Crippen LogP contribution < -0.4 is 10.6 Å². The molecule has 2 N–H and O–H groups in total. The first-order valence-electron chi connectivity index (χ1n) is 6.81. The topological polar surface area (TPSA) is 41.1 Å². The molecule has 1 atom stereocenters. The Morgan fingerprint density at radius 2 is 2.06 bits per heavy atom. The van der Waals surface area contributed by atoms with Crippen LogP contribution in [-0.2, 0) is 11.2 Å². The van der Waals surface area contributed by atoms with E-state index < -0.39 is 0 Å². The van der Waals surface area contributed by atoms with Gasteiger partial charge in [0.05, 0.1) is 0 Å². The van der Waals surface area contributed by atoms with Crippen LogP contribution in [-0.4, -0.2) is 19.0 Å². The van der Waals surface area contributed by atoms with Crippen molar-refractivity contribution in [1.82, 2.24) is 5.32 Å². The van der Waals surface area contributed by atoms with E-state index in [4.69, 9.17) is 0 Å². The summed E-state index contributed by atoms with van der Waals surface area (Å²) < 4.78 is 0. The Balaban J connectivity index is 1.89. The minimum atomic E-state index is 0.0848. The number of amides is 1. The molecule has 1 amide bonds. The molecule has 0 bridgehead atoms. The lowest BCUT2D eigenvalue weighted by Gasteiger charge is -2.31. The maximum atomic E-state index is 12.0. The van der Waals surface area contributed by atoms with E-state index in [1.165, 1.54) is 5.56 Å². The van der Waals surface area contributed by atoms with E-state index in [-0.39, 0.29) is 11.8 Å². The Labute approximate surface area is 109 Å². The summed E-state index contributed by atoms with van der Waals surface area (Å²) in [6.45, 7) is 6.10. The van der Waals surface area contributed by atoms with Crippen molar-refractivity contribution in [3.8, 4) is 0 Å². The van der Waals surface area contributed by atoms with Crippen LogP contribution in [0.25, 0.3) is 0 Å². The number of carbonyl (C=O) groups is 1. The SMILES string of the molecule is CCCc1ccc(NC(=O)C(C)C2CNC2)cc1. The minimum absolute atomic E-state index is 0.0848. The van der Waals surface area contributed by atoms with Crippen molar-refractivity contribution in [2.24, 2.45) is 11.8 Å². The number of hydrogen-bond acceptors (Lipinski definition) is 2. The Kier molecular flexibility index (Phi) is 4.37. The highest BCUT2D eigenvalue weighted by atomic mass is 16.1. The molecule has 1 aliphatic rings. The molecule has 1 unspecified atom stereocenters. The van der Waals surface area contributed by atoms with Gasteiger partial charge in [-0.05, 0) is 43.1 Å². The Hall–Kier alpha value is -1.35. The number of anilines is 1. The molecule has 1 aromatic carbocycles. The summed E-state index contributed by atoms with van der Waals surface area (Å²) in [4.78, 5) is 12.0. The highest BCUT2D eigenvalue weighted by Gasteiger charge is 2.28. The normalized spacial score (nSPS) is 17.0. The van der Waals surface area contributed by atoms with E-state index in [0.29, 0.717) is 5.92 Å². The first-order valence-corrected chi connectivity index (χ1v) is 6.81. The van der Waals surface area contributed by atoms with Crippen molar-refractivity contribution >= 4 is 11.6 Å². The zero-order chi connectivity index (χ0) is 13.0. The van der Waals surface area contributed by atoms with Gasteiger partial charge in [0, 0.05) is 11.6 Å². The third-order valence-corrected chi connectivity index (χ3v) is 3.69. The third kappa shape index (κ3) is 3.10. The number of aryl methyl sites for hydroxylation is 1. The predicted octanol–water partition coefficient (Wildman–Crippen LogP) is 2.43. The molecule has 18 heavy (non-hydrogen) atoms. The van der Waals surface area contributed by atoms with E-state index in [0.717, 1.165) is 31.6 Å². The van der Waals surface area contributed by atoms with Gasteiger partial charge in [0.25, 0.3) is 0 Å². The van der Waals surface area contributed by atoms with Gasteiger partial charge in [0.15, 0.2) is 0 Å². The second-order valence-electron chi connectivity index (χ2n) is 5.14. The van der Waals surface area contributed by atoms with Crippen molar-refractivity contribution in [3.63, 3.8) is 0 Å². The lowest BCUT2D eigenvalue weighted by atomic mass is 9.88. The lowest BCUT2D eigenvalue weighted by molar-refractivity contribution is -0.121. The van der Waals surface area contributed by atoms with Gasteiger partial charge in [-0.2, -0.15) is 0 Å². The average molecular weight is 246 g/mol. The molecular weight excluding hydrogens is 224 g/mol. The molecule has 3 heteroatoms. The Morgan fingerprint density at radius 3 is 2.56 bits per heavy atom. The molecular formula is C15H22N2O. The van der Waals surface area contributed by atoms with Crippen LogP contribution in [0.2, 0.25) is 0 Å². The largest absolute Gasteiger partial charge is 0.326 e. The van der Waals surface area contributed by atoms with E-state index in [1.54, 1.807) is 0 Å². The van der Waals surface area contributed by atoms with Gasteiger partial charge in [-0.3, -0.25) is 4.79 Å². The molecule has 1 heterocycles. The summed E-state index contributed by atoms with van der Waals surface area (Å²) >= 11 is 0. The molecule has 2 rings (SSSR count). The molecule has 1 aliphatic heterocycles. The number of rotatable bonds is 5. The van der Waals surface area contributed by atoms with Gasteiger partial charge in [0.1, 0.15) is 0 Å². The molecule has 1 saturated heterocycles. The monoisotopic (exact) mass is 246 g/mol. The maximum absolute atomic E-state index is 12.0. The summed E-state index contributed by atoms with van der Waals surface area (Å²) in [7, 11) is 0. The number of benzene rings is 1. The Morgan fingerprint density at radius 1 is 1.39 bits per heavy atom. The fourth-order valence-corrected chi connectivity index (χ4v) is 2.18. The van der Waals surface area contributed by atoms with Gasteiger partial charge < -0.3 is 10.6 Å². The standard InChI is InChI=1S/C15H22N2O/c1-3-4-12-5-7-14(8-6-12)17-15(18)11(2)13-9-16-10-13/h5-8,11,13,16H,3-4,9-10H2,1-2H3,(H,17,18). The van der Waals surface area contributed by atoms with E-state index >= 15 is 0 Å². The van der Waals surface area contributed by atoms with Gasteiger partial charge >= 0.3 is 0 Å². The van der Waals surface area contributed by atoms with Crippen molar-refractivity contribution in [1.29, 1.82) is 0 Å². The molecule has 0 spiro atoms. The van der Waals surface area contributed by atoms with Crippen LogP contribution in [0, 0.1) is 11.8 Å². The second kappa shape index (κ2) is 6.01. The summed E-state index contributed by atoms with van der Waals surface area (Å²) in [5.74, 6) is 0.704. The number of carbonyl (C=O) groups excluding carboxylic acids is 1. The summed E-state index contributed by atoms with van der Waals surface area (Å²) in [5.41, 5.74) is 2.23. The predicted molar refractivity (Wildman–Crippen MR) is 74.6 cm³/mol. The summed E-state index contributed by atoms with van der Waals surface area (Å²) in [5, 5.41) is 6.20. The fourth-order valence-electron chi connectivity index (χ4n) is 2.18. The second-order valence-corrected chi connectivity index (χ2v) is 5.14. The molecule has 3 nitrogen and oxygen atoms in total. The summed E-state index contributed by atoms with van der Waals surface area (Å²) in [6, 6.07) is 8.17. The minimum Gasteiger partial charge on any atom is -0.326 e. The smallest absolute Gasteiger partial charge is 0.227 e.